The molecule has 1 N–H and O–H groups in total. The molecule has 1 amide bonds. The number of halogens is 2. The molecule has 204 valence electrons. The summed E-state index contributed by atoms with van der Waals surface area (Å²) in [6.45, 7) is 4.79. The lowest BCUT2D eigenvalue weighted by Crippen LogP contribution is -2.30. The smallest absolute Gasteiger partial charge is 0.243 e. The lowest BCUT2D eigenvalue weighted by molar-refractivity contribution is -0.113. The van der Waals surface area contributed by atoms with E-state index < -0.39 is 10.0 Å². The van der Waals surface area contributed by atoms with Crippen LogP contribution in [0.2, 0.25) is 10.0 Å². The number of hydrogen-bond acceptors (Lipinski definition) is 6. The van der Waals surface area contributed by atoms with Gasteiger partial charge in [-0.3, -0.25) is 9.36 Å². The van der Waals surface area contributed by atoms with Gasteiger partial charge in [-0.05, 0) is 35.9 Å². The Kier molecular flexibility index (Phi) is 9.68. The van der Waals surface area contributed by atoms with Gasteiger partial charge in [0.25, 0.3) is 0 Å². The van der Waals surface area contributed by atoms with Crippen molar-refractivity contribution in [3.8, 4) is 11.4 Å². The first-order chi connectivity index (χ1) is 18.7. The number of carbonyl (C=O) groups is 1. The fourth-order valence-corrected chi connectivity index (χ4v) is 6.63. The second-order valence-electron chi connectivity index (χ2n) is 8.46. The molecule has 3 aromatic carbocycles. The van der Waals surface area contributed by atoms with Crippen LogP contribution < -0.4 is 5.32 Å². The van der Waals surface area contributed by atoms with Gasteiger partial charge in [-0.15, -0.1) is 10.2 Å². The molecule has 0 atom stereocenters. The third-order valence-electron chi connectivity index (χ3n) is 5.87. The summed E-state index contributed by atoms with van der Waals surface area (Å²) in [4.78, 5) is 12.9. The van der Waals surface area contributed by atoms with Crippen molar-refractivity contribution < 1.29 is 13.2 Å². The van der Waals surface area contributed by atoms with Gasteiger partial charge < -0.3 is 5.32 Å². The van der Waals surface area contributed by atoms with Gasteiger partial charge in [0.1, 0.15) is 0 Å². The molecule has 0 saturated carbocycles. The van der Waals surface area contributed by atoms with Gasteiger partial charge in [0, 0.05) is 23.7 Å². The van der Waals surface area contributed by atoms with Crippen LogP contribution in [0.25, 0.3) is 11.4 Å². The predicted molar refractivity (Wildman–Crippen MR) is 157 cm³/mol. The summed E-state index contributed by atoms with van der Waals surface area (Å²) < 4.78 is 29.6. The summed E-state index contributed by atoms with van der Waals surface area (Å²) in [5, 5.41) is 12.9. The lowest BCUT2D eigenvalue weighted by Gasteiger charge is -2.19. The second kappa shape index (κ2) is 13.0. The highest BCUT2D eigenvalue weighted by Crippen LogP contribution is 2.29. The number of rotatable bonds is 11. The van der Waals surface area contributed by atoms with E-state index >= 15 is 0 Å². The minimum atomic E-state index is -3.66. The maximum absolute atomic E-state index is 13.1. The Bertz CT molecular complexity index is 1560. The van der Waals surface area contributed by atoms with Gasteiger partial charge in [-0.1, -0.05) is 91.3 Å². The number of benzene rings is 3. The zero-order valence-corrected chi connectivity index (χ0v) is 24.5. The molecule has 0 aliphatic carbocycles. The van der Waals surface area contributed by atoms with Gasteiger partial charge in [-0.25, -0.2) is 8.42 Å². The normalized spacial score (nSPS) is 11.6. The predicted octanol–water partition coefficient (Wildman–Crippen LogP) is 6.06. The van der Waals surface area contributed by atoms with Crippen LogP contribution in [-0.4, -0.2) is 52.2 Å². The molecule has 0 aliphatic heterocycles. The Morgan fingerprint density at radius 3 is 2.41 bits per heavy atom. The third-order valence-corrected chi connectivity index (χ3v) is 9.43. The zero-order chi connectivity index (χ0) is 28.0. The van der Waals surface area contributed by atoms with Crippen molar-refractivity contribution in [1.29, 1.82) is 0 Å². The number of nitrogens with zero attached hydrogens (tertiary/aromatic N) is 4. The molecule has 0 aliphatic rings. The number of nitrogens with one attached hydrogen (secondary N) is 1. The van der Waals surface area contributed by atoms with Gasteiger partial charge in [0.2, 0.25) is 15.9 Å². The summed E-state index contributed by atoms with van der Waals surface area (Å²) in [5.41, 5.74) is 2.07. The zero-order valence-electron chi connectivity index (χ0n) is 21.3. The van der Waals surface area contributed by atoms with Crippen LogP contribution >= 0.6 is 35.0 Å². The van der Waals surface area contributed by atoms with Gasteiger partial charge in [0.15, 0.2) is 11.0 Å². The molecule has 0 unspecified atom stereocenters. The molecule has 1 heterocycles. The van der Waals surface area contributed by atoms with Gasteiger partial charge in [-0.2, -0.15) is 4.31 Å². The Morgan fingerprint density at radius 1 is 0.974 bits per heavy atom. The molecule has 4 aromatic rings. The van der Waals surface area contributed by atoms with Crippen LogP contribution in [0, 0.1) is 0 Å². The van der Waals surface area contributed by atoms with Gasteiger partial charge in [0.05, 0.1) is 27.9 Å². The van der Waals surface area contributed by atoms with E-state index in [1.54, 1.807) is 42.5 Å². The first-order valence-corrected chi connectivity index (χ1v) is 15.4. The van der Waals surface area contributed by atoms with Crippen LogP contribution in [0.15, 0.2) is 82.8 Å². The highest BCUT2D eigenvalue weighted by atomic mass is 35.5. The third kappa shape index (κ3) is 7.01. The molecule has 8 nitrogen and oxygen atoms in total. The maximum atomic E-state index is 13.1. The van der Waals surface area contributed by atoms with Crippen molar-refractivity contribution in [1.82, 2.24) is 19.1 Å². The monoisotopic (exact) mass is 603 g/mol. The first kappa shape index (κ1) is 29.1. The van der Waals surface area contributed by atoms with Crippen LogP contribution in [0.5, 0.6) is 0 Å². The average Bonchev–Trinajstić information content (AvgIpc) is 3.32. The van der Waals surface area contributed by atoms with E-state index in [4.69, 9.17) is 23.2 Å². The Balaban J connectivity index is 1.63. The van der Waals surface area contributed by atoms with E-state index in [-0.39, 0.29) is 16.6 Å². The van der Waals surface area contributed by atoms with E-state index in [1.807, 2.05) is 48.7 Å². The largest absolute Gasteiger partial charge is 0.324 e. The molecule has 0 radical (unpaired) electrons. The summed E-state index contributed by atoms with van der Waals surface area (Å²) >= 11 is 13.3. The minimum absolute atomic E-state index is 0.0578. The van der Waals surface area contributed by atoms with Crippen LogP contribution in [0.4, 0.5) is 5.69 Å². The SMILES string of the molecule is CCN(CC)S(=O)(=O)c1cccc(-c2nnc(SCC(=O)Nc3ccc(Cl)cc3Cl)n2Cc2ccccc2)c1. The van der Waals surface area contributed by atoms with Crippen molar-refractivity contribution in [2.75, 3.05) is 24.2 Å². The average molecular weight is 605 g/mol. The first-order valence-electron chi connectivity index (χ1n) is 12.2. The molecule has 1 aromatic heterocycles. The number of aromatic nitrogens is 3. The van der Waals surface area contributed by atoms with E-state index in [0.29, 0.717) is 51.9 Å². The fourth-order valence-electron chi connectivity index (χ4n) is 3.93. The van der Waals surface area contributed by atoms with Crippen molar-refractivity contribution in [2.24, 2.45) is 0 Å². The fraction of sp³-hybridized carbons (Fsp3) is 0.222. The Hall–Kier alpha value is -2.89. The molecule has 12 heteroatoms. The van der Waals surface area contributed by atoms with Crippen molar-refractivity contribution in [3.05, 3.63) is 88.4 Å². The molecular formula is C27H27Cl2N5O3S2. The van der Waals surface area contributed by atoms with E-state index in [0.717, 1.165) is 5.56 Å². The number of hydrogen-bond donors (Lipinski definition) is 1. The van der Waals surface area contributed by atoms with Crippen molar-refractivity contribution in [3.63, 3.8) is 0 Å². The van der Waals surface area contributed by atoms with Crippen LogP contribution in [0.1, 0.15) is 19.4 Å². The molecule has 4 rings (SSSR count). The Morgan fingerprint density at radius 2 is 1.72 bits per heavy atom. The number of carbonyl (C=O) groups excluding carboxylic acids is 1. The number of amides is 1. The number of thioether (sulfide) groups is 1. The van der Waals surface area contributed by atoms with Crippen molar-refractivity contribution >= 4 is 56.6 Å². The van der Waals surface area contributed by atoms with E-state index in [1.165, 1.54) is 16.1 Å². The number of anilines is 1. The van der Waals surface area contributed by atoms with Gasteiger partial charge >= 0.3 is 0 Å². The van der Waals surface area contributed by atoms with Crippen LogP contribution in [-0.2, 0) is 21.4 Å². The second-order valence-corrected chi connectivity index (χ2v) is 12.2. The molecule has 0 saturated heterocycles. The highest BCUT2D eigenvalue weighted by molar-refractivity contribution is 7.99. The number of sulfonamides is 1. The maximum Gasteiger partial charge on any atom is 0.243 e. The summed E-state index contributed by atoms with van der Waals surface area (Å²) in [6.07, 6.45) is 0. The Labute approximate surface area is 242 Å². The lowest BCUT2D eigenvalue weighted by atomic mass is 10.2. The summed E-state index contributed by atoms with van der Waals surface area (Å²) in [5.74, 6) is 0.286. The summed E-state index contributed by atoms with van der Waals surface area (Å²) in [6, 6.07) is 21.3. The highest BCUT2D eigenvalue weighted by Gasteiger charge is 2.23. The molecular weight excluding hydrogens is 577 g/mol. The molecule has 0 fully saturated rings. The topological polar surface area (TPSA) is 97.2 Å². The quantitative estimate of drug-likeness (QED) is 0.209. The van der Waals surface area contributed by atoms with Crippen LogP contribution in [0.3, 0.4) is 0 Å². The molecule has 0 bridgehead atoms. The van der Waals surface area contributed by atoms with Crippen molar-refractivity contribution in [2.45, 2.75) is 30.4 Å². The standard InChI is InChI=1S/C27H27Cl2N5O3S2/c1-3-33(4-2)39(36,37)22-12-8-11-20(15-22)26-31-32-27(34(26)17-19-9-6-5-7-10-19)38-18-25(35)30-24-14-13-21(28)16-23(24)29/h5-16H,3-4,17-18H2,1-2H3,(H,30,35). The molecule has 39 heavy (non-hydrogen) atoms. The molecule has 0 spiro atoms. The van der Waals surface area contributed by atoms with E-state index in [9.17, 15) is 13.2 Å². The minimum Gasteiger partial charge on any atom is -0.324 e. The van der Waals surface area contributed by atoms with E-state index in [2.05, 4.69) is 15.5 Å². The summed E-state index contributed by atoms with van der Waals surface area (Å²) in [7, 11) is -3.66.